The second kappa shape index (κ2) is 8.76. The van der Waals surface area contributed by atoms with Crippen LogP contribution in [0.2, 0.25) is 0 Å². The average molecular weight is 433 g/mol. The molecule has 0 saturated carbocycles. The molecule has 0 aliphatic heterocycles. The number of aromatic hydroxyl groups is 1. The van der Waals surface area contributed by atoms with Gasteiger partial charge in [0.1, 0.15) is 5.75 Å². The van der Waals surface area contributed by atoms with Gasteiger partial charge in [-0.15, -0.1) is 5.10 Å². The van der Waals surface area contributed by atoms with Gasteiger partial charge in [0.2, 0.25) is 5.82 Å². The lowest BCUT2D eigenvalue weighted by Gasteiger charge is -2.05. The highest BCUT2D eigenvalue weighted by Gasteiger charge is 2.18. The summed E-state index contributed by atoms with van der Waals surface area (Å²) in [4.78, 5) is 17.3. The van der Waals surface area contributed by atoms with Crippen molar-refractivity contribution in [2.45, 2.75) is 0 Å². The Morgan fingerprint density at radius 2 is 1.58 bits per heavy atom. The maximum atomic E-state index is 12.8. The van der Waals surface area contributed by atoms with Crippen LogP contribution in [0.25, 0.3) is 27.8 Å². The van der Waals surface area contributed by atoms with Crippen molar-refractivity contribution in [1.82, 2.24) is 20.2 Å². The van der Waals surface area contributed by atoms with Crippen LogP contribution in [0.3, 0.4) is 0 Å². The summed E-state index contributed by atoms with van der Waals surface area (Å²) in [6, 6.07) is 30.1. The van der Waals surface area contributed by atoms with E-state index in [1.807, 2.05) is 91.0 Å². The molecule has 1 aromatic heterocycles. The van der Waals surface area contributed by atoms with Crippen LogP contribution in [0.5, 0.6) is 5.75 Å². The maximum absolute atomic E-state index is 12.8. The Kier molecular flexibility index (Phi) is 5.35. The number of fused-ring (bicyclic) bond motifs is 1. The smallest absolute Gasteiger partial charge is 0.311 e. The van der Waals surface area contributed by atoms with Crippen molar-refractivity contribution < 1.29 is 9.90 Å². The van der Waals surface area contributed by atoms with Gasteiger partial charge in [-0.2, -0.15) is 5.10 Å². The molecular formula is C26H19N5O2. The summed E-state index contributed by atoms with van der Waals surface area (Å²) < 4.78 is 1.63. The van der Waals surface area contributed by atoms with Crippen LogP contribution in [0.15, 0.2) is 102 Å². The van der Waals surface area contributed by atoms with Gasteiger partial charge in [-0.1, -0.05) is 78.9 Å². The standard InChI is InChI=1S/C26H19N5O2/c32-23-16-15-18-9-7-8-14-21(18)22(23)17-27-29-26(33)24-28-25(19-10-3-1-4-11-19)31(30-24)20-12-5-2-6-13-20/h1-17,32H,(H,29,33)/b27-17+. The Hall–Kier alpha value is -4.78. The first-order valence-electron chi connectivity index (χ1n) is 10.3. The van der Waals surface area contributed by atoms with Gasteiger partial charge in [-0.25, -0.2) is 15.1 Å². The Balaban J connectivity index is 1.45. The SMILES string of the molecule is O=C(N/N=C/c1c(O)ccc2ccccc12)c1nc(-c2ccccc2)n(-c2ccccc2)n1. The molecule has 0 radical (unpaired) electrons. The molecule has 160 valence electrons. The third-order valence-corrected chi connectivity index (χ3v) is 5.15. The lowest BCUT2D eigenvalue weighted by atomic mass is 10.0. The molecule has 1 heterocycles. The fourth-order valence-corrected chi connectivity index (χ4v) is 3.56. The number of nitrogens with one attached hydrogen (secondary N) is 1. The number of nitrogens with zero attached hydrogens (tertiary/aromatic N) is 4. The minimum Gasteiger partial charge on any atom is -0.507 e. The third kappa shape index (κ3) is 4.07. The van der Waals surface area contributed by atoms with Crippen molar-refractivity contribution in [3.05, 3.63) is 108 Å². The summed E-state index contributed by atoms with van der Waals surface area (Å²) in [7, 11) is 0. The Morgan fingerprint density at radius 3 is 2.36 bits per heavy atom. The van der Waals surface area contributed by atoms with Crippen LogP contribution < -0.4 is 5.43 Å². The number of carbonyl (C=O) groups is 1. The van der Waals surface area contributed by atoms with Crippen molar-refractivity contribution in [3.8, 4) is 22.8 Å². The Labute approximate surface area is 189 Å². The van der Waals surface area contributed by atoms with Crippen LogP contribution in [0.1, 0.15) is 16.2 Å². The molecule has 0 bridgehead atoms. The second-order valence-electron chi connectivity index (χ2n) is 7.29. The zero-order valence-corrected chi connectivity index (χ0v) is 17.5. The number of rotatable bonds is 5. The van der Waals surface area contributed by atoms with Crippen LogP contribution in [0, 0.1) is 0 Å². The normalized spacial score (nSPS) is 11.2. The van der Waals surface area contributed by atoms with Gasteiger partial charge in [0.15, 0.2) is 5.82 Å². The molecule has 33 heavy (non-hydrogen) atoms. The number of carbonyl (C=O) groups excluding carboxylic acids is 1. The number of hydrogen-bond donors (Lipinski definition) is 2. The highest BCUT2D eigenvalue weighted by atomic mass is 16.3. The third-order valence-electron chi connectivity index (χ3n) is 5.15. The maximum Gasteiger partial charge on any atom is 0.311 e. The summed E-state index contributed by atoms with van der Waals surface area (Å²) >= 11 is 0. The molecule has 1 amide bonds. The van der Waals surface area contributed by atoms with Crippen molar-refractivity contribution in [2.75, 3.05) is 0 Å². The van der Waals surface area contributed by atoms with E-state index in [4.69, 9.17) is 0 Å². The predicted octanol–water partition coefficient (Wildman–Crippen LogP) is 4.56. The largest absolute Gasteiger partial charge is 0.507 e. The molecule has 0 aliphatic carbocycles. The number of amides is 1. The summed E-state index contributed by atoms with van der Waals surface area (Å²) in [6.07, 6.45) is 1.42. The lowest BCUT2D eigenvalue weighted by molar-refractivity contribution is 0.0945. The second-order valence-corrected chi connectivity index (χ2v) is 7.29. The van der Waals surface area contributed by atoms with Gasteiger partial charge in [-0.3, -0.25) is 4.79 Å². The van der Waals surface area contributed by atoms with Gasteiger partial charge >= 0.3 is 5.91 Å². The lowest BCUT2D eigenvalue weighted by Crippen LogP contribution is -2.19. The average Bonchev–Trinajstić information content (AvgIpc) is 3.32. The van der Waals surface area contributed by atoms with Crippen molar-refractivity contribution >= 4 is 22.9 Å². The van der Waals surface area contributed by atoms with Gasteiger partial charge < -0.3 is 5.11 Å². The molecule has 4 aromatic carbocycles. The Bertz CT molecular complexity index is 1400. The first-order valence-corrected chi connectivity index (χ1v) is 10.3. The van der Waals surface area contributed by atoms with Gasteiger partial charge in [0, 0.05) is 11.1 Å². The van der Waals surface area contributed by atoms with E-state index >= 15 is 0 Å². The highest BCUT2D eigenvalue weighted by molar-refractivity contribution is 6.02. The van der Waals surface area contributed by atoms with Crippen LogP contribution in [-0.2, 0) is 0 Å². The van der Waals surface area contributed by atoms with E-state index in [9.17, 15) is 9.90 Å². The number of aromatic nitrogens is 3. The number of phenols is 1. The van der Waals surface area contributed by atoms with Gasteiger partial charge in [0.25, 0.3) is 0 Å². The van der Waals surface area contributed by atoms with Gasteiger partial charge in [-0.05, 0) is 29.0 Å². The number of hydrazone groups is 1. The summed E-state index contributed by atoms with van der Waals surface area (Å²) in [6.45, 7) is 0. The van der Waals surface area contributed by atoms with Crippen molar-refractivity contribution in [3.63, 3.8) is 0 Å². The first kappa shape index (κ1) is 20.1. The number of para-hydroxylation sites is 1. The van der Waals surface area contributed by atoms with E-state index in [1.165, 1.54) is 6.21 Å². The number of hydrogen-bond acceptors (Lipinski definition) is 5. The summed E-state index contributed by atoms with van der Waals surface area (Å²) in [5, 5.41) is 20.5. The van der Waals surface area contributed by atoms with Crippen molar-refractivity contribution in [2.24, 2.45) is 5.10 Å². The molecule has 5 aromatic rings. The first-order chi connectivity index (χ1) is 16.2. The predicted molar refractivity (Wildman–Crippen MR) is 127 cm³/mol. The van der Waals surface area contributed by atoms with Crippen molar-refractivity contribution in [1.29, 1.82) is 0 Å². The summed E-state index contributed by atoms with van der Waals surface area (Å²) in [5.41, 5.74) is 4.59. The topological polar surface area (TPSA) is 92.4 Å². The highest BCUT2D eigenvalue weighted by Crippen LogP contribution is 2.25. The van der Waals surface area contributed by atoms with Crippen LogP contribution in [-0.4, -0.2) is 32.0 Å². The molecule has 0 atom stereocenters. The minimum atomic E-state index is -0.558. The molecule has 0 spiro atoms. The van der Waals surface area contributed by atoms with E-state index < -0.39 is 5.91 Å². The quantitative estimate of drug-likeness (QED) is 0.314. The fourth-order valence-electron chi connectivity index (χ4n) is 3.56. The molecule has 0 fully saturated rings. The van der Waals surface area contributed by atoms with Crippen LogP contribution in [0.4, 0.5) is 0 Å². The van der Waals surface area contributed by atoms with E-state index in [0.29, 0.717) is 11.4 Å². The van der Waals surface area contributed by atoms with Crippen LogP contribution >= 0.6 is 0 Å². The van der Waals surface area contributed by atoms with E-state index in [0.717, 1.165) is 22.0 Å². The zero-order valence-electron chi connectivity index (χ0n) is 17.5. The number of phenolic OH excluding ortho intramolecular Hbond substituents is 1. The van der Waals surface area contributed by atoms with Gasteiger partial charge in [0.05, 0.1) is 11.9 Å². The molecule has 7 nitrogen and oxygen atoms in total. The summed E-state index contributed by atoms with van der Waals surface area (Å²) in [5.74, 6) is 0.0435. The van der Waals surface area contributed by atoms with E-state index in [-0.39, 0.29) is 11.6 Å². The fraction of sp³-hybridized carbons (Fsp3) is 0. The van der Waals surface area contributed by atoms with E-state index in [1.54, 1.807) is 10.7 Å². The molecular weight excluding hydrogens is 414 g/mol. The molecule has 7 heteroatoms. The Morgan fingerprint density at radius 1 is 0.879 bits per heavy atom. The molecule has 0 aliphatic rings. The zero-order chi connectivity index (χ0) is 22.6. The molecule has 0 unspecified atom stereocenters. The molecule has 5 rings (SSSR count). The monoisotopic (exact) mass is 433 g/mol. The molecule has 2 N–H and O–H groups in total. The number of benzene rings is 4. The minimum absolute atomic E-state index is 0.0167. The van der Waals surface area contributed by atoms with E-state index in [2.05, 4.69) is 20.6 Å². The molecule has 0 saturated heterocycles.